The Morgan fingerprint density at radius 3 is 2.70 bits per heavy atom. The van der Waals surface area contributed by atoms with E-state index in [1.165, 1.54) is 0 Å². The van der Waals surface area contributed by atoms with Crippen LogP contribution in [-0.4, -0.2) is 23.5 Å². The lowest BCUT2D eigenvalue weighted by atomic mass is 10.2. The molecule has 138 valence electrons. The number of nitrogens with one attached hydrogen (secondary N) is 3. The Labute approximate surface area is 156 Å². The van der Waals surface area contributed by atoms with E-state index in [4.69, 9.17) is 4.42 Å². The molecule has 3 aromatic rings. The van der Waals surface area contributed by atoms with E-state index in [0.717, 1.165) is 29.8 Å². The van der Waals surface area contributed by atoms with Gasteiger partial charge in [-0.05, 0) is 55.7 Å². The molecule has 27 heavy (non-hydrogen) atoms. The van der Waals surface area contributed by atoms with Crippen LogP contribution in [0.5, 0.6) is 0 Å². The third kappa shape index (κ3) is 4.25. The van der Waals surface area contributed by atoms with Gasteiger partial charge in [-0.2, -0.15) is 0 Å². The Morgan fingerprint density at radius 1 is 1.11 bits per heavy atom. The summed E-state index contributed by atoms with van der Waals surface area (Å²) in [5.74, 6) is 0.883. The number of hydrogen-bond acceptors (Lipinski definition) is 4. The van der Waals surface area contributed by atoms with Crippen LogP contribution in [0.3, 0.4) is 0 Å². The zero-order valence-electron chi connectivity index (χ0n) is 14.9. The molecule has 1 heterocycles. The maximum absolute atomic E-state index is 12.1. The number of benzene rings is 2. The van der Waals surface area contributed by atoms with Crippen LogP contribution in [0, 0.1) is 6.92 Å². The summed E-state index contributed by atoms with van der Waals surface area (Å²) >= 11 is 0. The van der Waals surface area contributed by atoms with Crippen LogP contribution in [0.2, 0.25) is 0 Å². The Bertz CT molecular complexity index is 1010. The van der Waals surface area contributed by atoms with Crippen molar-refractivity contribution in [3.05, 3.63) is 53.9 Å². The minimum Gasteiger partial charge on any atom is -0.440 e. The maximum Gasteiger partial charge on any atom is 0.319 e. The summed E-state index contributed by atoms with van der Waals surface area (Å²) in [7, 11) is 0. The van der Waals surface area contributed by atoms with Gasteiger partial charge in [-0.15, -0.1) is 0 Å². The van der Waals surface area contributed by atoms with Gasteiger partial charge >= 0.3 is 6.03 Å². The molecule has 7 heteroatoms. The molecule has 1 aliphatic carbocycles. The highest BCUT2D eigenvalue weighted by atomic mass is 16.3. The van der Waals surface area contributed by atoms with Gasteiger partial charge in [-0.3, -0.25) is 4.79 Å². The molecule has 2 aromatic carbocycles. The fourth-order valence-electron chi connectivity index (χ4n) is 2.79. The molecule has 1 aromatic heterocycles. The number of carbonyl (C=O) groups is 2. The number of carbonyl (C=O) groups excluding carboxylic acids is 2. The minimum absolute atomic E-state index is 0.137. The second-order valence-corrected chi connectivity index (χ2v) is 6.73. The van der Waals surface area contributed by atoms with Crippen LogP contribution in [0.1, 0.15) is 30.2 Å². The van der Waals surface area contributed by atoms with Crippen LogP contribution in [0.4, 0.5) is 16.2 Å². The van der Waals surface area contributed by atoms with Crippen molar-refractivity contribution < 1.29 is 14.0 Å². The number of nitrogens with zero attached hydrogens (tertiary/aromatic N) is 1. The molecule has 1 fully saturated rings. The van der Waals surface area contributed by atoms with Crippen molar-refractivity contribution in [3.8, 4) is 0 Å². The van der Waals surface area contributed by atoms with E-state index in [1.807, 2.05) is 25.1 Å². The number of anilines is 2. The molecule has 1 saturated carbocycles. The van der Waals surface area contributed by atoms with Gasteiger partial charge in [-0.25, -0.2) is 9.78 Å². The lowest BCUT2D eigenvalue weighted by molar-refractivity contribution is -0.115. The lowest BCUT2D eigenvalue weighted by Gasteiger charge is -2.09. The second kappa shape index (κ2) is 7.11. The lowest BCUT2D eigenvalue weighted by Crippen LogP contribution is -2.35. The molecular weight excluding hydrogens is 344 g/mol. The van der Waals surface area contributed by atoms with Crippen LogP contribution in [0.15, 0.2) is 46.9 Å². The zero-order chi connectivity index (χ0) is 18.8. The first-order valence-corrected chi connectivity index (χ1v) is 8.89. The fraction of sp³-hybridized carbons (Fsp3) is 0.250. The van der Waals surface area contributed by atoms with Crippen molar-refractivity contribution in [1.29, 1.82) is 0 Å². The Hall–Kier alpha value is -3.35. The number of aromatic nitrogens is 1. The first-order valence-electron chi connectivity index (χ1n) is 8.89. The van der Waals surface area contributed by atoms with E-state index in [-0.39, 0.29) is 12.5 Å². The fourth-order valence-corrected chi connectivity index (χ4v) is 2.79. The quantitative estimate of drug-likeness (QED) is 0.642. The molecule has 3 N–H and O–H groups in total. The van der Waals surface area contributed by atoms with Gasteiger partial charge in [0.15, 0.2) is 11.5 Å². The van der Waals surface area contributed by atoms with Crippen LogP contribution in [0.25, 0.3) is 11.1 Å². The van der Waals surface area contributed by atoms with Crippen LogP contribution < -0.4 is 16.0 Å². The molecule has 0 bridgehead atoms. The maximum atomic E-state index is 12.1. The molecule has 0 saturated heterocycles. The zero-order valence-corrected chi connectivity index (χ0v) is 14.9. The van der Waals surface area contributed by atoms with Crippen molar-refractivity contribution in [2.75, 3.05) is 17.2 Å². The largest absolute Gasteiger partial charge is 0.440 e. The molecule has 0 aliphatic heterocycles. The molecule has 4 rings (SSSR count). The highest BCUT2D eigenvalue weighted by Gasteiger charge is 2.28. The SMILES string of the molecule is Cc1cccc(NC(=O)NCC(=O)Nc2ccc3oc(C4CC4)nc3c2)c1. The first kappa shape index (κ1) is 17.1. The Kier molecular flexibility index (Phi) is 4.50. The van der Waals surface area contributed by atoms with E-state index in [2.05, 4.69) is 20.9 Å². The topological polar surface area (TPSA) is 96.3 Å². The van der Waals surface area contributed by atoms with E-state index in [0.29, 0.717) is 22.9 Å². The first-order chi connectivity index (χ1) is 13.1. The summed E-state index contributed by atoms with van der Waals surface area (Å²) in [5, 5.41) is 7.99. The summed E-state index contributed by atoms with van der Waals surface area (Å²) < 4.78 is 5.71. The summed E-state index contributed by atoms with van der Waals surface area (Å²) in [6.07, 6.45) is 2.24. The van der Waals surface area contributed by atoms with Gasteiger partial charge in [0, 0.05) is 17.3 Å². The van der Waals surface area contributed by atoms with Gasteiger partial charge in [0.05, 0.1) is 6.54 Å². The summed E-state index contributed by atoms with van der Waals surface area (Å²) in [5.41, 5.74) is 3.77. The number of amides is 3. The molecule has 3 amide bonds. The average Bonchev–Trinajstić information content (AvgIpc) is 3.40. The Morgan fingerprint density at radius 2 is 1.93 bits per heavy atom. The van der Waals surface area contributed by atoms with E-state index >= 15 is 0 Å². The van der Waals surface area contributed by atoms with Crippen molar-refractivity contribution in [2.45, 2.75) is 25.7 Å². The molecule has 0 spiro atoms. The van der Waals surface area contributed by atoms with Gasteiger partial charge < -0.3 is 20.4 Å². The van der Waals surface area contributed by atoms with Crippen LogP contribution >= 0.6 is 0 Å². The number of rotatable bonds is 5. The van der Waals surface area contributed by atoms with E-state index in [1.54, 1.807) is 24.3 Å². The van der Waals surface area contributed by atoms with E-state index in [9.17, 15) is 9.59 Å². The minimum atomic E-state index is -0.434. The molecule has 0 unspecified atom stereocenters. The van der Waals surface area contributed by atoms with Crippen molar-refractivity contribution in [3.63, 3.8) is 0 Å². The van der Waals surface area contributed by atoms with Crippen molar-refractivity contribution >= 4 is 34.4 Å². The van der Waals surface area contributed by atoms with E-state index < -0.39 is 6.03 Å². The van der Waals surface area contributed by atoms with Gasteiger partial charge in [0.2, 0.25) is 5.91 Å². The standard InChI is InChI=1S/C20H20N4O3/c1-12-3-2-4-14(9-12)23-20(26)21-11-18(25)22-15-7-8-17-16(10-15)24-19(27-17)13-5-6-13/h2-4,7-10,13H,5-6,11H2,1H3,(H,22,25)(H2,21,23,26). The van der Waals surface area contributed by atoms with Crippen molar-refractivity contribution in [1.82, 2.24) is 10.3 Å². The molecular formula is C20H20N4O3. The number of oxazole rings is 1. The highest BCUT2D eigenvalue weighted by Crippen LogP contribution is 2.40. The summed E-state index contributed by atoms with van der Waals surface area (Å²) in [6.45, 7) is 1.80. The number of aryl methyl sites for hydroxylation is 1. The van der Waals surface area contributed by atoms with Gasteiger partial charge in [0.25, 0.3) is 0 Å². The monoisotopic (exact) mass is 364 g/mol. The predicted molar refractivity (Wildman–Crippen MR) is 103 cm³/mol. The molecule has 7 nitrogen and oxygen atoms in total. The highest BCUT2D eigenvalue weighted by molar-refractivity contribution is 5.97. The van der Waals surface area contributed by atoms with Gasteiger partial charge in [0.1, 0.15) is 5.52 Å². The third-order valence-electron chi connectivity index (χ3n) is 4.30. The van der Waals surface area contributed by atoms with Crippen molar-refractivity contribution in [2.24, 2.45) is 0 Å². The normalized spacial score (nSPS) is 13.4. The summed E-state index contributed by atoms with van der Waals surface area (Å²) in [4.78, 5) is 28.5. The Balaban J connectivity index is 1.31. The smallest absolute Gasteiger partial charge is 0.319 e. The molecule has 0 radical (unpaired) electrons. The van der Waals surface area contributed by atoms with Gasteiger partial charge in [-0.1, -0.05) is 12.1 Å². The number of fused-ring (bicyclic) bond motifs is 1. The van der Waals surface area contributed by atoms with Crippen LogP contribution in [-0.2, 0) is 4.79 Å². The average molecular weight is 364 g/mol. The number of hydrogen-bond donors (Lipinski definition) is 3. The summed E-state index contributed by atoms with van der Waals surface area (Å²) in [6, 6.07) is 12.3. The number of urea groups is 1. The predicted octanol–water partition coefficient (Wildman–Crippen LogP) is 3.77. The third-order valence-corrected chi connectivity index (χ3v) is 4.30. The molecule has 1 aliphatic rings. The second-order valence-electron chi connectivity index (χ2n) is 6.73. The molecule has 0 atom stereocenters.